The molecular weight excluding hydrogens is 852 g/mol. The summed E-state index contributed by atoms with van der Waals surface area (Å²) in [6.45, 7) is 4.68. The molecule has 0 aromatic rings. The van der Waals surface area contributed by atoms with Gasteiger partial charge in [0.2, 0.25) is 5.91 Å². The molecule has 0 aliphatic rings. The number of aliphatic hydroxyl groups is 1. The molecule has 0 aliphatic carbocycles. The Morgan fingerprint density at radius 2 is 0.821 bits per heavy atom. The van der Waals surface area contributed by atoms with Gasteiger partial charge < -0.3 is 28.8 Å². The number of carbonyl (C=O) groups is 1. The van der Waals surface area contributed by atoms with Crippen LogP contribution < -0.4 is 10.2 Å². The lowest BCUT2D eigenvalue weighted by Gasteiger charge is -2.29. The van der Waals surface area contributed by atoms with Crippen molar-refractivity contribution in [2.75, 3.05) is 40.9 Å². The second-order valence-corrected chi connectivity index (χ2v) is 22.8. The highest BCUT2D eigenvalue weighted by Crippen LogP contribution is 2.38. The lowest BCUT2D eigenvalue weighted by molar-refractivity contribution is -0.870. The number of unbranched alkanes of at least 4 members (excludes halogenated alkanes) is 39. The van der Waals surface area contributed by atoms with Crippen LogP contribution in [-0.4, -0.2) is 68.5 Å². The van der Waals surface area contributed by atoms with E-state index in [-0.39, 0.29) is 19.1 Å². The molecule has 0 rings (SSSR count). The fourth-order valence-corrected chi connectivity index (χ4v) is 9.52. The van der Waals surface area contributed by atoms with Crippen molar-refractivity contribution in [3.05, 3.63) is 24.3 Å². The van der Waals surface area contributed by atoms with Gasteiger partial charge in [0.15, 0.2) is 0 Å². The predicted octanol–water partition coefficient (Wildman–Crippen LogP) is 17.0. The fourth-order valence-electron chi connectivity index (χ4n) is 8.80. The van der Waals surface area contributed by atoms with Crippen molar-refractivity contribution in [1.29, 1.82) is 0 Å². The summed E-state index contributed by atoms with van der Waals surface area (Å²) in [5.74, 6) is -0.192. The van der Waals surface area contributed by atoms with Crippen LogP contribution in [0, 0.1) is 0 Å². The zero-order valence-corrected chi connectivity index (χ0v) is 46.3. The molecule has 67 heavy (non-hydrogen) atoms. The Hall–Kier alpha value is -1.02. The van der Waals surface area contributed by atoms with E-state index in [1.54, 1.807) is 6.08 Å². The number of allylic oxidation sites excluding steroid dienone is 3. The Morgan fingerprint density at radius 1 is 0.507 bits per heavy atom. The van der Waals surface area contributed by atoms with Crippen LogP contribution in [0.15, 0.2) is 24.3 Å². The minimum Gasteiger partial charge on any atom is -0.756 e. The largest absolute Gasteiger partial charge is 0.756 e. The normalized spacial score (nSPS) is 14.1. The molecule has 0 saturated heterocycles. The van der Waals surface area contributed by atoms with E-state index in [0.29, 0.717) is 17.4 Å². The van der Waals surface area contributed by atoms with Gasteiger partial charge in [-0.25, -0.2) is 0 Å². The second-order valence-electron chi connectivity index (χ2n) is 21.4. The van der Waals surface area contributed by atoms with Gasteiger partial charge in [-0.2, -0.15) is 0 Å². The molecule has 0 saturated carbocycles. The first-order valence-electron chi connectivity index (χ1n) is 29.2. The minimum absolute atomic E-state index is 0.00137. The first-order chi connectivity index (χ1) is 32.5. The average Bonchev–Trinajstić information content (AvgIpc) is 3.29. The number of amides is 1. The Kier molecular flexibility index (Phi) is 49.2. The standard InChI is InChI=1S/C58H115N2O6P/c1-6-8-10-12-14-16-18-20-22-24-25-26-27-28-29-30-31-32-33-34-35-36-38-40-42-44-46-48-50-52-58(62)59-56(55-66-67(63,64)65-54-53-60(3,4)5)57(61)51-49-47-45-43-41-39-37-23-21-19-17-15-13-11-9-7-2/h24-25,49,51,56-57,61H,6-23,26-48,50,52-55H2,1-5H3,(H-,59,62,63,64)/b25-24-,51-49+. The Balaban J connectivity index is 4.09. The van der Waals surface area contributed by atoms with Gasteiger partial charge in [0.25, 0.3) is 7.82 Å². The van der Waals surface area contributed by atoms with Gasteiger partial charge in [-0.1, -0.05) is 263 Å². The lowest BCUT2D eigenvalue weighted by atomic mass is 10.0. The molecule has 1 amide bonds. The molecule has 398 valence electrons. The average molecular weight is 968 g/mol. The van der Waals surface area contributed by atoms with Gasteiger partial charge in [-0.05, 0) is 44.9 Å². The number of phosphoric acid groups is 1. The molecule has 3 unspecified atom stereocenters. The maximum absolute atomic E-state index is 13.0. The third-order valence-electron chi connectivity index (χ3n) is 13.4. The molecule has 8 nitrogen and oxygen atoms in total. The summed E-state index contributed by atoms with van der Waals surface area (Å²) in [5.41, 5.74) is 0. The van der Waals surface area contributed by atoms with Crippen LogP contribution in [0.1, 0.15) is 290 Å². The van der Waals surface area contributed by atoms with Crippen LogP contribution in [0.4, 0.5) is 0 Å². The van der Waals surface area contributed by atoms with Crippen molar-refractivity contribution < 1.29 is 32.9 Å². The topological polar surface area (TPSA) is 108 Å². The van der Waals surface area contributed by atoms with Gasteiger partial charge >= 0.3 is 0 Å². The SMILES string of the molecule is CCCCCCCCCC/C=C\CCCCCCCCCCCCCCCCCCCC(=O)NC(COP(=O)([O-])OCC[N+](C)(C)C)C(O)/C=C/CCCCCCCCCCCCCCCC. The minimum atomic E-state index is -4.59. The number of hydrogen-bond acceptors (Lipinski definition) is 6. The molecule has 0 heterocycles. The molecule has 0 aliphatic heterocycles. The first kappa shape index (κ1) is 66.0. The summed E-state index contributed by atoms with van der Waals surface area (Å²) in [6, 6.07) is -0.883. The van der Waals surface area contributed by atoms with Crippen molar-refractivity contribution in [2.45, 2.75) is 302 Å². The summed E-state index contributed by atoms with van der Waals surface area (Å²) >= 11 is 0. The highest BCUT2D eigenvalue weighted by molar-refractivity contribution is 7.45. The van der Waals surface area contributed by atoms with Crippen molar-refractivity contribution in [3.8, 4) is 0 Å². The van der Waals surface area contributed by atoms with E-state index in [9.17, 15) is 19.4 Å². The van der Waals surface area contributed by atoms with Crippen LogP contribution in [0.5, 0.6) is 0 Å². The quantitative estimate of drug-likeness (QED) is 0.0272. The van der Waals surface area contributed by atoms with Gasteiger partial charge in [0, 0.05) is 6.42 Å². The molecule has 0 aromatic carbocycles. The number of aliphatic hydroxyl groups excluding tert-OH is 1. The van der Waals surface area contributed by atoms with E-state index >= 15 is 0 Å². The number of carbonyl (C=O) groups excluding carboxylic acids is 1. The summed E-state index contributed by atoms with van der Waals surface area (Å²) in [7, 11) is 1.27. The number of hydrogen-bond donors (Lipinski definition) is 2. The van der Waals surface area contributed by atoms with Crippen molar-refractivity contribution >= 4 is 13.7 Å². The van der Waals surface area contributed by atoms with Crippen LogP contribution in [0.25, 0.3) is 0 Å². The molecule has 3 atom stereocenters. The van der Waals surface area contributed by atoms with Crippen LogP contribution >= 0.6 is 7.82 Å². The predicted molar refractivity (Wildman–Crippen MR) is 289 cm³/mol. The van der Waals surface area contributed by atoms with E-state index in [0.717, 1.165) is 38.5 Å². The number of likely N-dealkylation sites (N-methyl/N-ethyl adjacent to an activating group) is 1. The van der Waals surface area contributed by atoms with E-state index in [1.807, 2.05) is 27.2 Å². The van der Waals surface area contributed by atoms with Crippen LogP contribution in [0.2, 0.25) is 0 Å². The summed E-state index contributed by atoms with van der Waals surface area (Å²) in [6.07, 6.45) is 62.6. The Morgan fingerprint density at radius 3 is 1.16 bits per heavy atom. The highest BCUT2D eigenvalue weighted by Gasteiger charge is 2.23. The van der Waals surface area contributed by atoms with E-state index < -0.39 is 20.0 Å². The van der Waals surface area contributed by atoms with E-state index in [1.165, 1.54) is 231 Å². The molecule has 2 N–H and O–H groups in total. The Bertz CT molecular complexity index is 1140. The molecule has 0 bridgehead atoms. The highest BCUT2D eigenvalue weighted by atomic mass is 31.2. The number of nitrogens with zero attached hydrogens (tertiary/aromatic N) is 1. The van der Waals surface area contributed by atoms with E-state index in [2.05, 4.69) is 31.3 Å². The van der Waals surface area contributed by atoms with Crippen molar-refractivity contribution in [1.82, 2.24) is 5.32 Å². The molecule has 0 aromatic heterocycles. The van der Waals surface area contributed by atoms with Gasteiger partial charge in [0.1, 0.15) is 13.2 Å². The summed E-state index contributed by atoms with van der Waals surface area (Å²) < 4.78 is 23.3. The van der Waals surface area contributed by atoms with Crippen molar-refractivity contribution in [2.24, 2.45) is 0 Å². The summed E-state index contributed by atoms with van der Waals surface area (Å²) in [5, 5.41) is 13.9. The Labute approximate surface area is 417 Å². The zero-order chi connectivity index (χ0) is 49.2. The summed E-state index contributed by atoms with van der Waals surface area (Å²) in [4.78, 5) is 25.5. The molecule has 9 heteroatoms. The van der Waals surface area contributed by atoms with Gasteiger partial charge in [0.05, 0.1) is 39.9 Å². The number of quaternary nitrogens is 1. The maximum atomic E-state index is 13.0. The van der Waals surface area contributed by atoms with Crippen LogP contribution in [-0.2, 0) is 18.4 Å². The molecule has 0 fully saturated rings. The zero-order valence-electron chi connectivity index (χ0n) is 45.4. The van der Waals surface area contributed by atoms with Gasteiger partial charge in [-0.15, -0.1) is 0 Å². The third kappa shape index (κ3) is 52.6. The third-order valence-corrected chi connectivity index (χ3v) is 14.4. The second kappa shape index (κ2) is 49.9. The molecular formula is C58H115N2O6P. The first-order valence-corrected chi connectivity index (χ1v) is 30.7. The fraction of sp³-hybridized carbons (Fsp3) is 0.914. The van der Waals surface area contributed by atoms with E-state index in [4.69, 9.17) is 9.05 Å². The van der Waals surface area contributed by atoms with Gasteiger partial charge in [-0.3, -0.25) is 9.36 Å². The lowest BCUT2D eigenvalue weighted by Crippen LogP contribution is -2.45. The number of nitrogens with one attached hydrogen (secondary N) is 1. The van der Waals surface area contributed by atoms with Crippen molar-refractivity contribution in [3.63, 3.8) is 0 Å². The van der Waals surface area contributed by atoms with Crippen LogP contribution in [0.3, 0.4) is 0 Å². The number of phosphoric ester groups is 1. The smallest absolute Gasteiger partial charge is 0.268 e. The molecule has 0 spiro atoms. The monoisotopic (exact) mass is 967 g/mol. The molecule has 0 radical (unpaired) electrons. The number of rotatable bonds is 54. The maximum Gasteiger partial charge on any atom is 0.268 e.